The molecule has 0 bridgehead atoms. The van der Waals surface area contributed by atoms with Gasteiger partial charge in [0, 0.05) is 11.1 Å². The fourth-order valence-corrected chi connectivity index (χ4v) is 1.41. The minimum atomic E-state index is -0.451. The summed E-state index contributed by atoms with van der Waals surface area (Å²) < 4.78 is 13.1. The van der Waals surface area contributed by atoms with Crippen LogP contribution in [0.15, 0.2) is 12.1 Å². The molecule has 3 heteroatoms. The fraction of sp³-hybridized carbons (Fsp3) is 0.462. The molecule has 1 aromatic rings. The van der Waals surface area contributed by atoms with E-state index in [2.05, 4.69) is 5.32 Å². The Balaban J connectivity index is 3.03. The SMILES string of the molecule is Cc1cc(F)cc(C)c1NC(=O)C(C)(C)C. The highest BCUT2D eigenvalue weighted by Gasteiger charge is 2.22. The van der Waals surface area contributed by atoms with Gasteiger partial charge in [0.15, 0.2) is 0 Å². The summed E-state index contributed by atoms with van der Waals surface area (Å²) in [6, 6.07) is 2.84. The van der Waals surface area contributed by atoms with Crippen molar-refractivity contribution >= 4 is 11.6 Å². The zero-order chi connectivity index (χ0) is 12.5. The first-order valence-corrected chi connectivity index (χ1v) is 5.30. The van der Waals surface area contributed by atoms with E-state index >= 15 is 0 Å². The maximum Gasteiger partial charge on any atom is 0.229 e. The Morgan fingerprint density at radius 1 is 1.19 bits per heavy atom. The van der Waals surface area contributed by atoms with Crippen LogP contribution in [0.1, 0.15) is 31.9 Å². The standard InChI is InChI=1S/C13H18FNO/c1-8-6-10(14)7-9(2)11(8)15-12(16)13(3,4)5/h6-7H,1-5H3,(H,15,16). The number of hydrogen-bond donors (Lipinski definition) is 1. The lowest BCUT2D eigenvalue weighted by Crippen LogP contribution is -2.28. The van der Waals surface area contributed by atoms with Crippen molar-refractivity contribution in [1.82, 2.24) is 0 Å². The van der Waals surface area contributed by atoms with Crippen molar-refractivity contribution in [3.8, 4) is 0 Å². The Bertz CT molecular complexity index is 395. The van der Waals surface area contributed by atoms with Crippen molar-refractivity contribution in [2.45, 2.75) is 34.6 Å². The van der Waals surface area contributed by atoms with Gasteiger partial charge in [0.2, 0.25) is 5.91 Å². The third-order valence-corrected chi connectivity index (χ3v) is 2.42. The molecular weight excluding hydrogens is 205 g/mol. The smallest absolute Gasteiger partial charge is 0.229 e. The van der Waals surface area contributed by atoms with Gasteiger partial charge in [-0.25, -0.2) is 4.39 Å². The average Bonchev–Trinajstić information content (AvgIpc) is 2.08. The van der Waals surface area contributed by atoms with Crippen molar-refractivity contribution in [1.29, 1.82) is 0 Å². The Morgan fingerprint density at radius 2 is 1.62 bits per heavy atom. The second-order valence-electron chi connectivity index (χ2n) is 5.12. The first-order chi connectivity index (χ1) is 7.21. The highest BCUT2D eigenvalue weighted by molar-refractivity contribution is 5.95. The van der Waals surface area contributed by atoms with Gasteiger partial charge in [-0.05, 0) is 37.1 Å². The van der Waals surface area contributed by atoms with Crippen molar-refractivity contribution in [3.05, 3.63) is 29.1 Å². The minimum Gasteiger partial charge on any atom is -0.325 e. The molecule has 2 nitrogen and oxygen atoms in total. The Labute approximate surface area is 95.9 Å². The second-order valence-corrected chi connectivity index (χ2v) is 5.12. The molecule has 0 aliphatic rings. The summed E-state index contributed by atoms with van der Waals surface area (Å²) >= 11 is 0. The summed E-state index contributed by atoms with van der Waals surface area (Å²) in [6.45, 7) is 9.10. The van der Waals surface area contributed by atoms with E-state index < -0.39 is 5.41 Å². The van der Waals surface area contributed by atoms with E-state index in [0.29, 0.717) is 5.69 Å². The molecule has 1 rings (SSSR count). The number of nitrogens with one attached hydrogen (secondary N) is 1. The third-order valence-electron chi connectivity index (χ3n) is 2.42. The van der Waals surface area contributed by atoms with Crippen LogP contribution in [0.2, 0.25) is 0 Å². The van der Waals surface area contributed by atoms with E-state index in [1.54, 1.807) is 13.8 Å². The summed E-state index contributed by atoms with van der Waals surface area (Å²) in [5.74, 6) is -0.339. The molecule has 0 aromatic heterocycles. The number of carbonyl (C=O) groups is 1. The van der Waals surface area contributed by atoms with E-state index in [0.717, 1.165) is 11.1 Å². The Hall–Kier alpha value is -1.38. The van der Waals surface area contributed by atoms with E-state index in [4.69, 9.17) is 0 Å². The fourth-order valence-electron chi connectivity index (χ4n) is 1.41. The molecule has 0 radical (unpaired) electrons. The monoisotopic (exact) mass is 223 g/mol. The number of hydrogen-bond acceptors (Lipinski definition) is 1. The lowest BCUT2D eigenvalue weighted by Gasteiger charge is -2.20. The van der Waals surface area contributed by atoms with Crippen molar-refractivity contribution in [3.63, 3.8) is 0 Å². The molecule has 0 aliphatic heterocycles. The summed E-state index contributed by atoms with van der Waals surface area (Å²) in [7, 11) is 0. The molecule has 1 amide bonds. The Kier molecular flexibility index (Phi) is 3.36. The average molecular weight is 223 g/mol. The number of rotatable bonds is 1. The number of anilines is 1. The van der Waals surface area contributed by atoms with Crippen LogP contribution in [0.25, 0.3) is 0 Å². The van der Waals surface area contributed by atoms with Gasteiger partial charge in [0.1, 0.15) is 5.82 Å². The summed E-state index contributed by atoms with van der Waals surface area (Å²) in [4.78, 5) is 11.8. The van der Waals surface area contributed by atoms with Gasteiger partial charge in [-0.15, -0.1) is 0 Å². The lowest BCUT2D eigenvalue weighted by atomic mass is 9.95. The van der Waals surface area contributed by atoms with E-state index in [-0.39, 0.29) is 11.7 Å². The maximum absolute atomic E-state index is 13.1. The third kappa shape index (κ3) is 2.81. The molecule has 0 unspecified atom stereocenters. The van der Waals surface area contributed by atoms with E-state index in [1.165, 1.54) is 12.1 Å². The van der Waals surface area contributed by atoms with Gasteiger partial charge in [-0.2, -0.15) is 0 Å². The summed E-state index contributed by atoms with van der Waals surface area (Å²) in [5.41, 5.74) is 1.75. The zero-order valence-electron chi connectivity index (χ0n) is 10.4. The van der Waals surface area contributed by atoms with Gasteiger partial charge in [-0.3, -0.25) is 4.79 Å². The van der Waals surface area contributed by atoms with Crippen molar-refractivity contribution < 1.29 is 9.18 Å². The van der Waals surface area contributed by atoms with Gasteiger partial charge in [0.05, 0.1) is 0 Å². The molecule has 0 spiro atoms. The van der Waals surface area contributed by atoms with Gasteiger partial charge in [-0.1, -0.05) is 20.8 Å². The second kappa shape index (κ2) is 4.24. The van der Waals surface area contributed by atoms with Crippen molar-refractivity contribution in [2.75, 3.05) is 5.32 Å². The minimum absolute atomic E-state index is 0.0645. The van der Waals surface area contributed by atoms with Crippen LogP contribution in [-0.2, 0) is 4.79 Å². The summed E-state index contributed by atoms with van der Waals surface area (Å²) in [5, 5.41) is 2.84. The molecule has 1 aromatic carbocycles. The van der Waals surface area contributed by atoms with Gasteiger partial charge >= 0.3 is 0 Å². The zero-order valence-corrected chi connectivity index (χ0v) is 10.4. The maximum atomic E-state index is 13.1. The van der Waals surface area contributed by atoms with Gasteiger partial charge in [0.25, 0.3) is 0 Å². The topological polar surface area (TPSA) is 29.1 Å². The van der Waals surface area contributed by atoms with E-state index in [9.17, 15) is 9.18 Å². The molecule has 88 valence electrons. The predicted molar refractivity (Wildman–Crippen MR) is 64.0 cm³/mol. The van der Waals surface area contributed by atoms with Crippen LogP contribution in [0, 0.1) is 25.1 Å². The molecule has 16 heavy (non-hydrogen) atoms. The molecule has 0 atom stereocenters. The highest BCUT2D eigenvalue weighted by atomic mass is 19.1. The van der Waals surface area contributed by atoms with Crippen LogP contribution in [0.4, 0.5) is 10.1 Å². The molecule has 1 N–H and O–H groups in total. The van der Waals surface area contributed by atoms with Crippen molar-refractivity contribution in [2.24, 2.45) is 5.41 Å². The van der Waals surface area contributed by atoms with Gasteiger partial charge < -0.3 is 5.32 Å². The van der Waals surface area contributed by atoms with Crippen LogP contribution in [-0.4, -0.2) is 5.91 Å². The first-order valence-electron chi connectivity index (χ1n) is 5.30. The highest BCUT2D eigenvalue weighted by Crippen LogP contribution is 2.24. The molecule has 0 fully saturated rings. The lowest BCUT2D eigenvalue weighted by molar-refractivity contribution is -0.123. The molecular formula is C13H18FNO. The normalized spacial score (nSPS) is 11.4. The van der Waals surface area contributed by atoms with Crippen LogP contribution in [0.5, 0.6) is 0 Å². The molecule has 0 saturated heterocycles. The van der Waals surface area contributed by atoms with Crippen LogP contribution >= 0.6 is 0 Å². The number of amides is 1. The first kappa shape index (κ1) is 12.7. The molecule has 0 aliphatic carbocycles. The largest absolute Gasteiger partial charge is 0.325 e. The number of aryl methyl sites for hydroxylation is 2. The van der Waals surface area contributed by atoms with E-state index in [1.807, 2.05) is 20.8 Å². The molecule has 0 saturated carbocycles. The van der Waals surface area contributed by atoms with Crippen LogP contribution < -0.4 is 5.32 Å². The predicted octanol–water partition coefficient (Wildman–Crippen LogP) is 3.43. The molecule has 0 heterocycles. The Morgan fingerprint density at radius 3 is 2.00 bits per heavy atom. The quantitative estimate of drug-likeness (QED) is 0.776. The number of benzene rings is 1. The van der Waals surface area contributed by atoms with Crippen LogP contribution in [0.3, 0.4) is 0 Å². The number of halogens is 1. The number of carbonyl (C=O) groups excluding carboxylic acids is 1. The summed E-state index contributed by atoms with van der Waals surface area (Å²) in [6.07, 6.45) is 0.